The molecular formula is C10H19NO2. The Morgan fingerprint density at radius 1 is 1.69 bits per heavy atom. The van der Waals surface area contributed by atoms with Crippen LogP contribution in [0.5, 0.6) is 0 Å². The van der Waals surface area contributed by atoms with Crippen molar-refractivity contribution in [2.24, 2.45) is 0 Å². The Labute approximate surface area is 79.8 Å². The molecule has 0 amide bonds. The van der Waals surface area contributed by atoms with E-state index in [0.717, 1.165) is 32.2 Å². The molecule has 0 unspecified atom stereocenters. The summed E-state index contributed by atoms with van der Waals surface area (Å²) in [5, 5.41) is 3.13. The topological polar surface area (TPSA) is 38.3 Å². The Balaban J connectivity index is 2.23. The summed E-state index contributed by atoms with van der Waals surface area (Å²) in [6, 6.07) is -0.0423. The van der Waals surface area contributed by atoms with Gasteiger partial charge in [0.1, 0.15) is 6.04 Å². The van der Waals surface area contributed by atoms with E-state index in [0.29, 0.717) is 0 Å². The van der Waals surface area contributed by atoms with Gasteiger partial charge in [-0.1, -0.05) is 13.3 Å². The van der Waals surface area contributed by atoms with Gasteiger partial charge in [0.05, 0.1) is 6.10 Å². The fraction of sp³-hybridized carbons (Fsp3) is 0.900. The van der Waals surface area contributed by atoms with Gasteiger partial charge in [0.2, 0.25) is 0 Å². The van der Waals surface area contributed by atoms with Crippen LogP contribution in [0.3, 0.4) is 0 Å². The van der Waals surface area contributed by atoms with E-state index in [-0.39, 0.29) is 18.1 Å². The first kappa shape index (κ1) is 10.5. The molecule has 1 saturated heterocycles. The van der Waals surface area contributed by atoms with Crippen LogP contribution in [0.25, 0.3) is 0 Å². The van der Waals surface area contributed by atoms with E-state index in [2.05, 4.69) is 12.2 Å². The van der Waals surface area contributed by atoms with Crippen LogP contribution < -0.4 is 5.32 Å². The molecule has 1 heterocycles. The Bertz CT molecular complexity index is 164. The molecule has 0 aliphatic carbocycles. The maximum atomic E-state index is 11.4. The maximum absolute atomic E-state index is 11.4. The van der Waals surface area contributed by atoms with Crippen molar-refractivity contribution in [3.63, 3.8) is 0 Å². The van der Waals surface area contributed by atoms with Gasteiger partial charge in [-0.15, -0.1) is 0 Å². The van der Waals surface area contributed by atoms with Crippen LogP contribution >= 0.6 is 0 Å². The number of ether oxygens (including phenoxy) is 1. The van der Waals surface area contributed by atoms with Gasteiger partial charge in [-0.05, 0) is 32.7 Å². The van der Waals surface area contributed by atoms with Crippen molar-refractivity contribution < 1.29 is 9.53 Å². The van der Waals surface area contributed by atoms with Crippen LogP contribution in [-0.4, -0.2) is 24.7 Å². The molecule has 0 aromatic heterocycles. The molecule has 2 atom stereocenters. The first-order chi connectivity index (χ1) is 6.24. The number of esters is 1. The van der Waals surface area contributed by atoms with E-state index in [1.807, 2.05) is 6.92 Å². The molecule has 76 valence electrons. The fourth-order valence-corrected chi connectivity index (χ4v) is 1.63. The number of hydrogen-bond donors (Lipinski definition) is 1. The molecule has 3 heteroatoms. The lowest BCUT2D eigenvalue weighted by atomic mass is 10.2. The first-order valence-corrected chi connectivity index (χ1v) is 5.18. The van der Waals surface area contributed by atoms with Crippen molar-refractivity contribution in [2.45, 2.75) is 51.7 Å². The second-order valence-corrected chi connectivity index (χ2v) is 3.69. The summed E-state index contributed by atoms with van der Waals surface area (Å²) in [6.45, 7) is 5.00. The predicted molar refractivity (Wildman–Crippen MR) is 51.5 cm³/mol. The molecule has 1 rings (SSSR count). The highest BCUT2D eigenvalue weighted by Gasteiger charge is 2.24. The second-order valence-electron chi connectivity index (χ2n) is 3.69. The minimum absolute atomic E-state index is 0.0423. The number of carbonyl (C=O) groups is 1. The number of hydrogen-bond acceptors (Lipinski definition) is 3. The largest absolute Gasteiger partial charge is 0.462 e. The monoisotopic (exact) mass is 185 g/mol. The summed E-state index contributed by atoms with van der Waals surface area (Å²) >= 11 is 0. The summed E-state index contributed by atoms with van der Waals surface area (Å²) in [7, 11) is 0. The number of rotatable bonds is 4. The van der Waals surface area contributed by atoms with Crippen molar-refractivity contribution in [1.82, 2.24) is 5.32 Å². The van der Waals surface area contributed by atoms with E-state index >= 15 is 0 Å². The molecule has 3 nitrogen and oxygen atoms in total. The van der Waals surface area contributed by atoms with Crippen molar-refractivity contribution in [3.05, 3.63) is 0 Å². The van der Waals surface area contributed by atoms with Gasteiger partial charge in [0.25, 0.3) is 0 Å². The molecule has 1 aliphatic rings. The third kappa shape index (κ3) is 3.35. The zero-order valence-corrected chi connectivity index (χ0v) is 8.51. The lowest BCUT2D eigenvalue weighted by Crippen LogP contribution is -2.34. The molecule has 0 spiro atoms. The molecule has 1 fully saturated rings. The Morgan fingerprint density at radius 3 is 3.00 bits per heavy atom. The summed E-state index contributed by atoms with van der Waals surface area (Å²) in [5.41, 5.74) is 0. The summed E-state index contributed by atoms with van der Waals surface area (Å²) in [6.07, 6.45) is 4.10. The van der Waals surface area contributed by atoms with Gasteiger partial charge in [-0.2, -0.15) is 0 Å². The molecule has 1 N–H and O–H groups in total. The molecular weight excluding hydrogens is 166 g/mol. The highest BCUT2D eigenvalue weighted by Crippen LogP contribution is 2.09. The molecule has 0 saturated carbocycles. The Morgan fingerprint density at radius 2 is 2.46 bits per heavy atom. The van der Waals surface area contributed by atoms with Crippen LogP contribution in [0.1, 0.15) is 39.5 Å². The van der Waals surface area contributed by atoms with Crippen LogP contribution in [-0.2, 0) is 9.53 Å². The average Bonchev–Trinajstić information content (AvgIpc) is 2.55. The van der Waals surface area contributed by atoms with Crippen LogP contribution in [0, 0.1) is 0 Å². The smallest absolute Gasteiger partial charge is 0.323 e. The molecule has 0 aromatic carbocycles. The Hall–Kier alpha value is -0.570. The maximum Gasteiger partial charge on any atom is 0.323 e. The minimum Gasteiger partial charge on any atom is -0.462 e. The second kappa shape index (κ2) is 5.22. The fourth-order valence-electron chi connectivity index (χ4n) is 1.63. The van der Waals surface area contributed by atoms with E-state index in [1.54, 1.807) is 0 Å². The van der Waals surface area contributed by atoms with Gasteiger partial charge in [0.15, 0.2) is 0 Å². The summed E-state index contributed by atoms with van der Waals surface area (Å²) in [4.78, 5) is 11.4. The molecule has 13 heavy (non-hydrogen) atoms. The van der Waals surface area contributed by atoms with Crippen molar-refractivity contribution in [2.75, 3.05) is 6.54 Å². The first-order valence-electron chi connectivity index (χ1n) is 5.18. The minimum atomic E-state index is -0.0709. The molecule has 0 aromatic rings. The van der Waals surface area contributed by atoms with Crippen LogP contribution in [0.2, 0.25) is 0 Å². The normalized spacial score (nSPS) is 24.3. The van der Waals surface area contributed by atoms with Gasteiger partial charge >= 0.3 is 5.97 Å². The lowest BCUT2D eigenvalue weighted by Gasteiger charge is -2.15. The third-order valence-electron chi connectivity index (χ3n) is 2.36. The molecule has 0 radical (unpaired) electrons. The SMILES string of the molecule is CCC[C@@H](C)OC(=O)[C@H]1CCCN1. The van der Waals surface area contributed by atoms with E-state index in [9.17, 15) is 4.79 Å². The third-order valence-corrected chi connectivity index (χ3v) is 2.36. The molecule has 1 aliphatic heterocycles. The van der Waals surface area contributed by atoms with Crippen LogP contribution in [0.4, 0.5) is 0 Å². The summed E-state index contributed by atoms with van der Waals surface area (Å²) < 4.78 is 5.27. The van der Waals surface area contributed by atoms with Gasteiger partial charge in [0, 0.05) is 0 Å². The average molecular weight is 185 g/mol. The highest BCUT2D eigenvalue weighted by molar-refractivity contribution is 5.76. The standard InChI is InChI=1S/C10H19NO2/c1-3-5-8(2)13-10(12)9-6-4-7-11-9/h8-9,11H,3-7H2,1-2H3/t8-,9-/m1/s1. The zero-order valence-electron chi connectivity index (χ0n) is 8.51. The van der Waals surface area contributed by atoms with Crippen molar-refractivity contribution in [3.8, 4) is 0 Å². The number of carbonyl (C=O) groups excluding carboxylic acids is 1. The molecule has 0 bridgehead atoms. The number of nitrogens with one attached hydrogen (secondary N) is 1. The van der Waals surface area contributed by atoms with Crippen molar-refractivity contribution >= 4 is 5.97 Å². The lowest BCUT2D eigenvalue weighted by molar-refractivity contribution is -0.150. The highest BCUT2D eigenvalue weighted by atomic mass is 16.5. The van der Waals surface area contributed by atoms with Gasteiger partial charge < -0.3 is 10.1 Å². The summed E-state index contributed by atoms with van der Waals surface area (Å²) in [5.74, 6) is -0.0709. The van der Waals surface area contributed by atoms with Gasteiger partial charge in [-0.3, -0.25) is 4.79 Å². The van der Waals surface area contributed by atoms with Gasteiger partial charge in [-0.25, -0.2) is 0 Å². The van der Waals surface area contributed by atoms with E-state index in [4.69, 9.17) is 4.74 Å². The Kier molecular flexibility index (Phi) is 4.22. The van der Waals surface area contributed by atoms with E-state index < -0.39 is 0 Å². The van der Waals surface area contributed by atoms with Crippen LogP contribution in [0.15, 0.2) is 0 Å². The zero-order chi connectivity index (χ0) is 9.68. The quantitative estimate of drug-likeness (QED) is 0.674. The van der Waals surface area contributed by atoms with Crippen molar-refractivity contribution in [1.29, 1.82) is 0 Å². The van der Waals surface area contributed by atoms with E-state index in [1.165, 1.54) is 0 Å². The predicted octanol–water partition coefficient (Wildman–Crippen LogP) is 1.47.